The van der Waals surface area contributed by atoms with Gasteiger partial charge in [0.15, 0.2) is 5.65 Å². The molecular formula is C17H10N4O4S. The second-order valence-corrected chi connectivity index (χ2v) is 6.43. The molecule has 2 amide bonds. The molecule has 0 bridgehead atoms. The van der Waals surface area contributed by atoms with Gasteiger partial charge in [-0.05, 0) is 36.0 Å². The van der Waals surface area contributed by atoms with E-state index in [0.29, 0.717) is 22.5 Å². The lowest BCUT2D eigenvalue weighted by Crippen LogP contribution is -2.17. The second kappa shape index (κ2) is 6.12. The van der Waals surface area contributed by atoms with Crippen LogP contribution in [-0.2, 0) is 4.79 Å². The maximum absolute atomic E-state index is 11.7. The quantitative estimate of drug-likeness (QED) is 0.684. The molecule has 3 heterocycles. The van der Waals surface area contributed by atoms with Crippen LogP contribution in [-0.4, -0.2) is 36.8 Å². The molecule has 2 N–H and O–H groups in total. The fourth-order valence-corrected chi connectivity index (χ4v) is 3.20. The van der Waals surface area contributed by atoms with Gasteiger partial charge in [0.2, 0.25) is 0 Å². The Bertz CT molecular complexity index is 1120. The lowest BCUT2D eigenvalue weighted by Gasteiger charge is -2.03. The molecule has 2 aromatic heterocycles. The number of carbonyl (C=O) groups is 3. The van der Waals surface area contributed by atoms with Crippen LogP contribution in [0, 0.1) is 0 Å². The number of amides is 2. The van der Waals surface area contributed by atoms with Crippen LogP contribution >= 0.6 is 11.8 Å². The molecule has 128 valence electrons. The summed E-state index contributed by atoms with van der Waals surface area (Å²) in [7, 11) is 0. The van der Waals surface area contributed by atoms with Gasteiger partial charge in [0, 0.05) is 17.3 Å². The molecule has 1 aromatic carbocycles. The van der Waals surface area contributed by atoms with E-state index in [1.165, 1.54) is 16.6 Å². The first-order valence-electron chi connectivity index (χ1n) is 7.44. The molecule has 1 fully saturated rings. The van der Waals surface area contributed by atoms with Crippen LogP contribution in [0.1, 0.15) is 15.9 Å². The van der Waals surface area contributed by atoms with Gasteiger partial charge in [0.1, 0.15) is 0 Å². The van der Waals surface area contributed by atoms with E-state index in [1.54, 1.807) is 36.7 Å². The molecule has 4 rings (SSSR count). The lowest BCUT2D eigenvalue weighted by molar-refractivity contribution is -0.115. The topological polar surface area (TPSA) is 114 Å². The summed E-state index contributed by atoms with van der Waals surface area (Å²) in [5.74, 6) is -1.47. The average molecular weight is 366 g/mol. The van der Waals surface area contributed by atoms with E-state index in [9.17, 15) is 14.4 Å². The van der Waals surface area contributed by atoms with Crippen LogP contribution in [0.3, 0.4) is 0 Å². The number of hydrogen-bond acceptors (Lipinski definition) is 6. The summed E-state index contributed by atoms with van der Waals surface area (Å²) < 4.78 is 1.54. The number of carboxylic acids is 1. The van der Waals surface area contributed by atoms with Crippen molar-refractivity contribution in [3.05, 3.63) is 58.8 Å². The Morgan fingerprint density at radius 1 is 1.27 bits per heavy atom. The zero-order valence-electron chi connectivity index (χ0n) is 13.0. The van der Waals surface area contributed by atoms with Crippen LogP contribution in [0.4, 0.5) is 4.79 Å². The Kier molecular flexibility index (Phi) is 3.77. The van der Waals surface area contributed by atoms with E-state index in [2.05, 4.69) is 15.4 Å². The Hall–Kier alpha value is -3.46. The second-order valence-electron chi connectivity index (χ2n) is 5.42. The number of carboxylic acid groups (broad SMARTS) is 1. The molecule has 0 unspecified atom stereocenters. The van der Waals surface area contributed by atoms with E-state index in [1.807, 2.05) is 0 Å². The molecule has 8 nitrogen and oxygen atoms in total. The average Bonchev–Trinajstić information content (AvgIpc) is 3.17. The largest absolute Gasteiger partial charge is 0.478 e. The molecule has 0 radical (unpaired) electrons. The first kappa shape index (κ1) is 16.0. The molecular weight excluding hydrogens is 356 g/mol. The maximum atomic E-state index is 11.7. The van der Waals surface area contributed by atoms with Crippen molar-refractivity contribution < 1.29 is 19.5 Å². The number of nitrogens with one attached hydrogen (secondary N) is 1. The minimum atomic E-state index is -1.02. The Morgan fingerprint density at radius 2 is 2.12 bits per heavy atom. The number of rotatable bonds is 3. The van der Waals surface area contributed by atoms with Gasteiger partial charge in [-0.15, -0.1) is 0 Å². The summed E-state index contributed by atoms with van der Waals surface area (Å²) in [6.45, 7) is 0. The van der Waals surface area contributed by atoms with Crippen molar-refractivity contribution in [1.82, 2.24) is 19.9 Å². The number of aromatic carboxylic acids is 1. The van der Waals surface area contributed by atoms with Crippen molar-refractivity contribution in [2.24, 2.45) is 0 Å². The predicted molar refractivity (Wildman–Crippen MR) is 94.5 cm³/mol. The number of carbonyl (C=O) groups excluding carboxylic acids is 2. The van der Waals surface area contributed by atoms with Gasteiger partial charge < -0.3 is 5.11 Å². The van der Waals surface area contributed by atoms with Crippen LogP contribution < -0.4 is 5.32 Å². The van der Waals surface area contributed by atoms with Crippen molar-refractivity contribution in [3.63, 3.8) is 0 Å². The summed E-state index contributed by atoms with van der Waals surface area (Å²) in [6.07, 6.45) is 4.79. The minimum absolute atomic E-state index is 0.164. The van der Waals surface area contributed by atoms with Crippen molar-refractivity contribution in [2.75, 3.05) is 0 Å². The van der Waals surface area contributed by atoms with Gasteiger partial charge in [-0.2, -0.15) is 5.10 Å². The fraction of sp³-hybridized carbons (Fsp3) is 0. The number of fused-ring (bicyclic) bond motifs is 1. The normalized spacial score (nSPS) is 15.6. The van der Waals surface area contributed by atoms with Crippen LogP contribution in [0.15, 0.2) is 47.6 Å². The lowest BCUT2D eigenvalue weighted by atomic mass is 10.1. The third-order valence-corrected chi connectivity index (χ3v) is 4.54. The Morgan fingerprint density at radius 3 is 2.85 bits per heavy atom. The number of nitrogens with zero attached hydrogens (tertiary/aromatic N) is 3. The van der Waals surface area contributed by atoms with Gasteiger partial charge in [0.25, 0.3) is 11.1 Å². The van der Waals surface area contributed by atoms with Gasteiger partial charge in [-0.25, -0.2) is 14.3 Å². The van der Waals surface area contributed by atoms with Gasteiger partial charge in [-0.1, -0.05) is 12.1 Å². The van der Waals surface area contributed by atoms with E-state index in [4.69, 9.17) is 5.11 Å². The third-order valence-electron chi connectivity index (χ3n) is 3.73. The predicted octanol–water partition coefficient (Wildman–Crippen LogP) is 2.42. The molecule has 1 aliphatic heterocycles. The molecule has 1 saturated heterocycles. The van der Waals surface area contributed by atoms with Gasteiger partial charge >= 0.3 is 5.97 Å². The van der Waals surface area contributed by atoms with E-state index < -0.39 is 17.1 Å². The highest BCUT2D eigenvalue weighted by Crippen LogP contribution is 2.27. The SMILES string of the molecule is O=C1NC(=O)/C(=C/c2cnn3ccc(-c4cccc(C(=O)O)c4)nc23)S1. The van der Waals surface area contributed by atoms with Crippen molar-refractivity contribution in [1.29, 1.82) is 0 Å². The molecule has 0 spiro atoms. The highest BCUT2D eigenvalue weighted by atomic mass is 32.2. The molecule has 1 aliphatic rings. The van der Waals surface area contributed by atoms with Crippen molar-refractivity contribution in [3.8, 4) is 11.3 Å². The smallest absolute Gasteiger partial charge is 0.335 e. The molecule has 0 aliphatic carbocycles. The first-order valence-corrected chi connectivity index (χ1v) is 8.26. The van der Waals surface area contributed by atoms with Gasteiger partial charge in [-0.3, -0.25) is 14.9 Å². The Balaban J connectivity index is 1.79. The fourth-order valence-electron chi connectivity index (χ4n) is 2.52. The summed E-state index contributed by atoms with van der Waals surface area (Å²) >= 11 is 0.818. The monoisotopic (exact) mass is 366 g/mol. The van der Waals surface area contributed by atoms with E-state index in [-0.39, 0.29) is 10.5 Å². The van der Waals surface area contributed by atoms with E-state index >= 15 is 0 Å². The zero-order chi connectivity index (χ0) is 18.3. The molecule has 3 aromatic rings. The Labute approximate surface area is 150 Å². The van der Waals surface area contributed by atoms with Crippen LogP contribution in [0.5, 0.6) is 0 Å². The molecule has 9 heteroatoms. The maximum Gasteiger partial charge on any atom is 0.335 e. The van der Waals surface area contributed by atoms with Crippen molar-refractivity contribution in [2.45, 2.75) is 0 Å². The highest BCUT2D eigenvalue weighted by Gasteiger charge is 2.25. The summed E-state index contributed by atoms with van der Waals surface area (Å²) in [5, 5.41) is 15.1. The van der Waals surface area contributed by atoms with E-state index in [0.717, 1.165) is 11.8 Å². The standard InChI is InChI=1S/C17H10N4O4S/c22-15-13(26-17(25)20-15)7-11-8-18-21-5-4-12(19-14(11)21)9-2-1-3-10(6-9)16(23)24/h1-8H,(H,23,24)(H,20,22,25)/b13-7-. The summed E-state index contributed by atoms with van der Waals surface area (Å²) in [5.41, 5.74) is 2.45. The van der Waals surface area contributed by atoms with Gasteiger partial charge in [0.05, 0.1) is 22.4 Å². The number of aromatic nitrogens is 3. The third kappa shape index (κ3) is 2.84. The molecule has 0 atom stereocenters. The minimum Gasteiger partial charge on any atom is -0.478 e. The van der Waals surface area contributed by atoms with Crippen LogP contribution in [0.25, 0.3) is 23.0 Å². The van der Waals surface area contributed by atoms with Crippen molar-refractivity contribution >= 4 is 40.6 Å². The first-order chi connectivity index (χ1) is 12.5. The molecule has 0 saturated carbocycles. The molecule has 26 heavy (non-hydrogen) atoms. The summed E-state index contributed by atoms with van der Waals surface area (Å²) in [6, 6.07) is 8.17. The summed E-state index contributed by atoms with van der Waals surface area (Å²) in [4.78, 5) is 38.9. The van der Waals surface area contributed by atoms with Crippen LogP contribution in [0.2, 0.25) is 0 Å². The number of hydrogen-bond donors (Lipinski definition) is 2. The highest BCUT2D eigenvalue weighted by molar-refractivity contribution is 8.18. The number of thioether (sulfide) groups is 1. The number of imide groups is 1. The number of benzene rings is 1. The zero-order valence-corrected chi connectivity index (χ0v) is 13.9.